The van der Waals surface area contributed by atoms with Crippen molar-refractivity contribution in [2.24, 2.45) is 5.92 Å². The van der Waals surface area contributed by atoms with Gasteiger partial charge in [-0.15, -0.1) is 0 Å². The third kappa shape index (κ3) is 5.54. The molecule has 1 aromatic rings. The summed E-state index contributed by atoms with van der Waals surface area (Å²) in [4.78, 5) is 5.06. The molecule has 0 spiro atoms. The molecule has 1 aliphatic heterocycles. The van der Waals surface area contributed by atoms with Crippen LogP contribution in [0, 0.1) is 5.92 Å². The van der Waals surface area contributed by atoms with Gasteiger partial charge in [-0.3, -0.25) is 9.80 Å². The Bertz CT molecular complexity index is 435. The Labute approximate surface area is 139 Å². The van der Waals surface area contributed by atoms with Crippen LogP contribution in [0.1, 0.15) is 32.3 Å². The molecule has 0 saturated carbocycles. The van der Waals surface area contributed by atoms with E-state index in [1.165, 1.54) is 12.0 Å². The predicted octanol–water partition coefficient (Wildman–Crippen LogP) is 3.25. The van der Waals surface area contributed by atoms with Crippen LogP contribution in [0.25, 0.3) is 0 Å². The first-order valence-corrected chi connectivity index (χ1v) is 8.78. The van der Waals surface area contributed by atoms with Crippen molar-refractivity contribution in [3.63, 3.8) is 0 Å². The van der Waals surface area contributed by atoms with Crippen LogP contribution in [-0.4, -0.2) is 53.7 Å². The van der Waals surface area contributed by atoms with Gasteiger partial charge >= 0.3 is 0 Å². The Balaban J connectivity index is 1.89. The van der Waals surface area contributed by atoms with Crippen molar-refractivity contribution < 1.29 is 5.11 Å². The molecule has 1 aliphatic rings. The van der Waals surface area contributed by atoms with E-state index in [0.29, 0.717) is 6.04 Å². The van der Waals surface area contributed by atoms with Gasteiger partial charge in [-0.25, -0.2) is 0 Å². The number of aliphatic hydroxyl groups is 1. The predicted molar refractivity (Wildman–Crippen MR) is 93.2 cm³/mol. The third-order valence-electron chi connectivity index (χ3n) is 4.46. The van der Waals surface area contributed by atoms with Crippen molar-refractivity contribution in [2.75, 3.05) is 32.8 Å². The van der Waals surface area contributed by atoms with Gasteiger partial charge in [0.05, 0.1) is 0 Å². The van der Waals surface area contributed by atoms with Crippen LogP contribution in [-0.2, 0) is 6.54 Å². The minimum absolute atomic E-state index is 0.275. The highest BCUT2D eigenvalue weighted by molar-refractivity contribution is 6.30. The Kier molecular flexibility index (Phi) is 7.16. The standard InChI is InChI=1S/C18H29ClN2O/c1-15(2)7-9-21-11-10-20(14-18(21)8-12-22)13-16-3-5-17(19)6-4-16/h3-6,15,18,22H,7-14H2,1-2H3/t18-/m1/s1. The van der Waals surface area contributed by atoms with E-state index in [9.17, 15) is 5.11 Å². The summed E-state index contributed by atoms with van der Waals surface area (Å²) in [7, 11) is 0. The number of nitrogens with zero attached hydrogens (tertiary/aromatic N) is 2. The van der Waals surface area contributed by atoms with Gasteiger partial charge in [0.1, 0.15) is 0 Å². The highest BCUT2D eigenvalue weighted by Gasteiger charge is 2.26. The maximum Gasteiger partial charge on any atom is 0.0446 e. The lowest BCUT2D eigenvalue weighted by Gasteiger charge is -2.41. The van der Waals surface area contributed by atoms with Gasteiger partial charge in [0.25, 0.3) is 0 Å². The zero-order valence-corrected chi connectivity index (χ0v) is 14.6. The Morgan fingerprint density at radius 2 is 1.95 bits per heavy atom. The van der Waals surface area contributed by atoms with E-state index in [4.69, 9.17) is 11.6 Å². The molecule has 1 aromatic carbocycles. The maximum absolute atomic E-state index is 9.36. The van der Waals surface area contributed by atoms with Gasteiger partial charge in [0.15, 0.2) is 0 Å². The highest BCUT2D eigenvalue weighted by Crippen LogP contribution is 2.18. The largest absolute Gasteiger partial charge is 0.396 e. The van der Waals surface area contributed by atoms with E-state index in [0.717, 1.165) is 50.1 Å². The molecule has 1 heterocycles. The summed E-state index contributed by atoms with van der Waals surface area (Å²) in [6.07, 6.45) is 2.11. The van der Waals surface area contributed by atoms with E-state index in [-0.39, 0.29) is 6.61 Å². The zero-order valence-electron chi connectivity index (χ0n) is 13.8. The molecule has 3 nitrogen and oxygen atoms in total. The average molecular weight is 325 g/mol. The van der Waals surface area contributed by atoms with Gasteiger partial charge in [-0.05, 0) is 43.0 Å². The number of halogens is 1. The summed E-state index contributed by atoms with van der Waals surface area (Å²) >= 11 is 5.95. The second kappa shape index (κ2) is 8.88. The summed E-state index contributed by atoms with van der Waals surface area (Å²) in [6.45, 7) is 10.2. The van der Waals surface area contributed by atoms with Crippen LogP contribution in [0.15, 0.2) is 24.3 Å². The fraction of sp³-hybridized carbons (Fsp3) is 0.667. The number of rotatable bonds is 7. The number of benzene rings is 1. The van der Waals surface area contributed by atoms with Crippen molar-refractivity contribution >= 4 is 11.6 Å². The molecule has 0 amide bonds. The molecule has 0 radical (unpaired) electrons. The second-order valence-electron chi connectivity index (χ2n) is 6.75. The summed E-state index contributed by atoms with van der Waals surface area (Å²) in [5, 5.41) is 10.2. The van der Waals surface area contributed by atoms with E-state index in [1.54, 1.807) is 0 Å². The molecular formula is C18H29ClN2O. The topological polar surface area (TPSA) is 26.7 Å². The highest BCUT2D eigenvalue weighted by atomic mass is 35.5. The van der Waals surface area contributed by atoms with Crippen LogP contribution in [0.3, 0.4) is 0 Å². The molecule has 1 fully saturated rings. The SMILES string of the molecule is CC(C)CCN1CCN(Cc2ccc(Cl)cc2)C[C@H]1CCO. The summed E-state index contributed by atoms with van der Waals surface area (Å²) in [5.74, 6) is 0.738. The molecule has 0 bridgehead atoms. The Hall–Kier alpha value is -0.610. The lowest BCUT2D eigenvalue weighted by atomic mass is 10.0. The monoisotopic (exact) mass is 324 g/mol. The number of aliphatic hydroxyl groups excluding tert-OH is 1. The number of hydrogen-bond donors (Lipinski definition) is 1. The maximum atomic E-state index is 9.36. The smallest absolute Gasteiger partial charge is 0.0446 e. The normalized spacial score (nSPS) is 20.7. The average Bonchev–Trinajstić information content (AvgIpc) is 2.49. The lowest BCUT2D eigenvalue weighted by Crippen LogP contribution is -2.53. The molecule has 1 atom stereocenters. The van der Waals surface area contributed by atoms with Crippen molar-refractivity contribution in [3.05, 3.63) is 34.9 Å². The summed E-state index contributed by atoms with van der Waals surface area (Å²) < 4.78 is 0. The summed E-state index contributed by atoms with van der Waals surface area (Å²) in [6, 6.07) is 8.61. The zero-order chi connectivity index (χ0) is 15.9. The number of piperazine rings is 1. The molecule has 22 heavy (non-hydrogen) atoms. The quantitative estimate of drug-likeness (QED) is 0.834. The van der Waals surface area contributed by atoms with Crippen molar-refractivity contribution in [1.29, 1.82) is 0 Å². The van der Waals surface area contributed by atoms with E-state index in [2.05, 4.69) is 35.8 Å². The van der Waals surface area contributed by atoms with Gasteiger partial charge in [-0.1, -0.05) is 37.6 Å². The van der Waals surface area contributed by atoms with Gasteiger partial charge in [0, 0.05) is 43.9 Å². The fourth-order valence-electron chi connectivity index (χ4n) is 3.09. The van der Waals surface area contributed by atoms with Crippen LogP contribution < -0.4 is 0 Å². The second-order valence-corrected chi connectivity index (χ2v) is 7.18. The first-order chi connectivity index (χ1) is 10.6. The fourth-order valence-corrected chi connectivity index (χ4v) is 3.22. The minimum atomic E-state index is 0.275. The minimum Gasteiger partial charge on any atom is -0.396 e. The Morgan fingerprint density at radius 3 is 2.59 bits per heavy atom. The molecule has 124 valence electrons. The van der Waals surface area contributed by atoms with Crippen LogP contribution in [0.2, 0.25) is 5.02 Å². The van der Waals surface area contributed by atoms with E-state index < -0.39 is 0 Å². The molecule has 1 N–H and O–H groups in total. The first-order valence-electron chi connectivity index (χ1n) is 8.40. The van der Waals surface area contributed by atoms with Crippen LogP contribution >= 0.6 is 11.6 Å². The first kappa shape index (κ1) is 17.7. The molecule has 0 aromatic heterocycles. The van der Waals surface area contributed by atoms with Gasteiger partial charge in [0.2, 0.25) is 0 Å². The van der Waals surface area contributed by atoms with E-state index in [1.807, 2.05) is 12.1 Å². The summed E-state index contributed by atoms with van der Waals surface area (Å²) in [5.41, 5.74) is 1.31. The molecule has 4 heteroatoms. The molecular weight excluding hydrogens is 296 g/mol. The van der Waals surface area contributed by atoms with E-state index >= 15 is 0 Å². The van der Waals surface area contributed by atoms with Gasteiger partial charge < -0.3 is 5.11 Å². The molecule has 2 rings (SSSR count). The molecule has 0 aliphatic carbocycles. The molecule has 1 saturated heterocycles. The number of hydrogen-bond acceptors (Lipinski definition) is 3. The van der Waals surface area contributed by atoms with Crippen molar-refractivity contribution in [3.8, 4) is 0 Å². The van der Waals surface area contributed by atoms with Crippen molar-refractivity contribution in [2.45, 2.75) is 39.3 Å². The Morgan fingerprint density at radius 1 is 1.23 bits per heavy atom. The van der Waals surface area contributed by atoms with Crippen molar-refractivity contribution in [1.82, 2.24) is 9.80 Å². The third-order valence-corrected chi connectivity index (χ3v) is 4.72. The van der Waals surface area contributed by atoms with Crippen LogP contribution in [0.4, 0.5) is 0 Å². The van der Waals surface area contributed by atoms with Gasteiger partial charge in [-0.2, -0.15) is 0 Å². The van der Waals surface area contributed by atoms with Crippen LogP contribution in [0.5, 0.6) is 0 Å². The molecule has 0 unspecified atom stereocenters. The lowest BCUT2D eigenvalue weighted by molar-refractivity contribution is 0.0524.